The van der Waals surface area contributed by atoms with Crippen LogP contribution < -0.4 is 24.8 Å². The molecule has 3 heteroatoms. The van der Waals surface area contributed by atoms with Gasteiger partial charge in [0.15, 0.2) is 0 Å². The fraction of sp³-hybridized carbons (Fsp3) is 0.407. The molecule has 0 heterocycles. The third-order valence-corrected chi connectivity index (χ3v) is 6.19. The zero-order valence-electron chi connectivity index (χ0n) is 18.9. The molecule has 0 amide bonds. The van der Waals surface area contributed by atoms with Crippen molar-refractivity contribution in [2.24, 2.45) is 0 Å². The van der Waals surface area contributed by atoms with Crippen LogP contribution in [0.2, 0.25) is 0 Å². The molecule has 2 aliphatic rings. The molecule has 30 heavy (non-hydrogen) atoms. The molecule has 2 aliphatic carbocycles. The summed E-state index contributed by atoms with van der Waals surface area (Å²) in [5.41, 5.74) is 10.7. The number of hydrogen-bond donors (Lipinski definition) is 0. The van der Waals surface area contributed by atoms with Gasteiger partial charge >= 0.3 is 26.2 Å². The fourth-order valence-electron chi connectivity index (χ4n) is 4.42. The van der Waals surface area contributed by atoms with Crippen LogP contribution in [0, 0.1) is 0 Å². The van der Waals surface area contributed by atoms with E-state index >= 15 is 0 Å². The van der Waals surface area contributed by atoms with Gasteiger partial charge in [-0.1, -0.05) is 102 Å². The van der Waals surface area contributed by atoms with Gasteiger partial charge in [0.05, 0.1) is 0 Å². The fourth-order valence-corrected chi connectivity index (χ4v) is 4.42. The summed E-state index contributed by atoms with van der Waals surface area (Å²) in [6.45, 7) is 13.9. The van der Waals surface area contributed by atoms with E-state index in [0.717, 1.165) is 12.8 Å². The Morgan fingerprint density at radius 1 is 0.767 bits per heavy atom. The predicted octanol–water partition coefficient (Wildman–Crippen LogP) is 1.68. The molecule has 0 aliphatic heterocycles. The second-order valence-electron chi connectivity index (χ2n) is 10.3. The van der Waals surface area contributed by atoms with Crippen molar-refractivity contribution in [2.45, 2.75) is 71.1 Å². The van der Waals surface area contributed by atoms with E-state index in [0.29, 0.717) is 5.92 Å². The molecule has 0 bridgehead atoms. The molecule has 158 valence electrons. The van der Waals surface area contributed by atoms with Gasteiger partial charge in [0.25, 0.3) is 0 Å². The molecule has 0 spiro atoms. The van der Waals surface area contributed by atoms with E-state index in [9.17, 15) is 0 Å². The zero-order chi connectivity index (χ0) is 19.4. The zero-order valence-corrected chi connectivity index (χ0v) is 22.9. The summed E-state index contributed by atoms with van der Waals surface area (Å²) >= 11 is 0. The Labute approximate surface area is 214 Å². The molecular formula is C27H32Cl2Zr. The van der Waals surface area contributed by atoms with Gasteiger partial charge in [0, 0.05) is 5.92 Å². The van der Waals surface area contributed by atoms with Crippen molar-refractivity contribution in [3.05, 3.63) is 82.5 Å². The molecule has 2 aromatic rings. The summed E-state index contributed by atoms with van der Waals surface area (Å²) in [4.78, 5) is 0. The number of fused-ring (bicyclic) bond motifs is 3. The topological polar surface area (TPSA) is 0 Å². The van der Waals surface area contributed by atoms with E-state index in [-0.39, 0.29) is 61.8 Å². The van der Waals surface area contributed by atoms with Crippen molar-refractivity contribution in [1.82, 2.24) is 0 Å². The van der Waals surface area contributed by atoms with Crippen LogP contribution in [-0.4, -0.2) is 0 Å². The van der Waals surface area contributed by atoms with Gasteiger partial charge in [-0.3, -0.25) is 0 Å². The third kappa shape index (κ3) is 5.23. The van der Waals surface area contributed by atoms with Crippen molar-refractivity contribution in [3.63, 3.8) is 0 Å². The summed E-state index contributed by atoms with van der Waals surface area (Å²) in [7, 11) is 0. The van der Waals surface area contributed by atoms with Gasteiger partial charge in [-0.25, -0.2) is 0 Å². The van der Waals surface area contributed by atoms with E-state index < -0.39 is 0 Å². The van der Waals surface area contributed by atoms with Gasteiger partial charge in [-0.05, 0) is 57.1 Å². The van der Waals surface area contributed by atoms with Gasteiger partial charge in [0.2, 0.25) is 0 Å². The monoisotopic (exact) mass is 516 g/mol. The summed E-state index contributed by atoms with van der Waals surface area (Å²) < 4.78 is 0. The van der Waals surface area contributed by atoms with Crippen molar-refractivity contribution in [3.8, 4) is 11.1 Å². The summed E-state index contributed by atoms with van der Waals surface area (Å²) in [5.74, 6) is 0.478. The first kappa shape index (κ1) is 27.4. The maximum atomic E-state index is 2.49. The van der Waals surface area contributed by atoms with E-state index in [1.807, 2.05) is 0 Å². The van der Waals surface area contributed by atoms with Gasteiger partial charge in [-0.2, -0.15) is 0 Å². The van der Waals surface area contributed by atoms with Crippen LogP contribution in [0.1, 0.15) is 82.6 Å². The number of hydrogen-bond acceptors (Lipinski definition) is 0. The van der Waals surface area contributed by atoms with Crippen LogP contribution in [0.4, 0.5) is 0 Å². The van der Waals surface area contributed by atoms with Crippen molar-refractivity contribution >= 4 is 0 Å². The van der Waals surface area contributed by atoms with E-state index in [1.165, 1.54) is 33.4 Å². The molecule has 2 aromatic carbocycles. The van der Waals surface area contributed by atoms with Crippen molar-refractivity contribution in [1.29, 1.82) is 0 Å². The number of benzene rings is 2. The number of halogens is 2. The van der Waals surface area contributed by atoms with Gasteiger partial charge in [-0.15, -0.1) is 0 Å². The number of allylic oxidation sites excluding steroid dienone is 4. The Kier molecular flexibility index (Phi) is 9.04. The molecule has 0 unspecified atom stereocenters. The van der Waals surface area contributed by atoms with Crippen molar-refractivity contribution < 1.29 is 51.0 Å². The number of rotatable bonds is 2. The Morgan fingerprint density at radius 2 is 1.23 bits per heavy atom. The minimum Gasteiger partial charge on any atom is -1.00 e. The molecule has 0 saturated heterocycles. The maximum absolute atomic E-state index is 2.49. The van der Waals surface area contributed by atoms with Crippen LogP contribution in [0.3, 0.4) is 0 Å². The van der Waals surface area contributed by atoms with Gasteiger partial charge in [0.1, 0.15) is 0 Å². The summed E-state index contributed by atoms with van der Waals surface area (Å²) in [6, 6.07) is 14.4. The maximum Gasteiger partial charge on any atom is 2.00 e. The van der Waals surface area contributed by atoms with Crippen LogP contribution >= 0.6 is 0 Å². The Morgan fingerprint density at radius 3 is 1.60 bits per heavy atom. The Balaban J connectivity index is 0.00000150. The molecule has 0 aromatic heterocycles. The Hall–Kier alpha value is -0.617. The normalized spacial score (nSPS) is 14.8. The van der Waals surface area contributed by atoms with Gasteiger partial charge < -0.3 is 24.8 Å². The minimum absolute atomic E-state index is 0. The smallest absolute Gasteiger partial charge is 1.00 e. The molecule has 0 saturated carbocycles. The second kappa shape index (κ2) is 9.89. The largest absolute Gasteiger partial charge is 2.00 e. The third-order valence-electron chi connectivity index (χ3n) is 6.19. The second-order valence-corrected chi connectivity index (χ2v) is 10.3. The first-order valence-corrected chi connectivity index (χ1v) is 10.3. The molecule has 0 N–H and O–H groups in total. The molecule has 0 nitrogen and oxygen atoms in total. The van der Waals surface area contributed by atoms with Crippen LogP contribution in [0.15, 0.2) is 60.2 Å². The predicted molar refractivity (Wildman–Crippen MR) is 118 cm³/mol. The molecule has 4 rings (SSSR count). The van der Waals surface area contributed by atoms with Crippen LogP contribution in [0.5, 0.6) is 0 Å². The van der Waals surface area contributed by atoms with E-state index in [1.54, 1.807) is 5.57 Å². The molecule has 0 radical (unpaired) electrons. The standard InChI is InChI=1S/C27H32.2ClH.Zr/c1-26(2,3)19-11-13-21-22-14-12-20(27(4,5)6)17-25(22)23(24(21)16-19)15-18-9-7-8-10-18;;;/h7-9,11-14,16-17,23H,10,15H2,1-6H3;2*1H;/q;;;+2/p-2. The first-order chi connectivity index (χ1) is 12.6. The molecular weight excluding hydrogens is 486 g/mol. The van der Waals surface area contributed by atoms with Crippen molar-refractivity contribution in [2.75, 3.05) is 0 Å². The molecule has 0 atom stereocenters. The van der Waals surface area contributed by atoms with Crippen LogP contribution in [-0.2, 0) is 37.0 Å². The Bertz CT molecular complexity index is 892. The SMILES string of the molecule is CC(C)(C)c1ccc2c(c1)C(CC1=CC=CC1)c1cc(C(C)(C)C)ccc1-2.[Cl-].[Cl-].[Zr+2]. The minimum atomic E-state index is 0. The quantitative estimate of drug-likeness (QED) is 0.568. The first-order valence-electron chi connectivity index (χ1n) is 10.3. The summed E-state index contributed by atoms with van der Waals surface area (Å²) in [5, 5.41) is 0. The average Bonchev–Trinajstić information content (AvgIpc) is 3.20. The average molecular weight is 519 g/mol. The summed E-state index contributed by atoms with van der Waals surface area (Å²) in [6.07, 6.45) is 9.05. The van der Waals surface area contributed by atoms with E-state index in [2.05, 4.69) is 96.2 Å². The molecule has 0 fully saturated rings. The van der Waals surface area contributed by atoms with Crippen LogP contribution in [0.25, 0.3) is 11.1 Å². The van der Waals surface area contributed by atoms with E-state index in [4.69, 9.17) is 0 Å².